The van der Waals surface area contributed by atoms with Gasteiger partial charge in [-0.15, -0.1) is 0 Å². The first kappa shape index (κ1) is 18.1. The van der Waals surface area contributed by atoms with Gasteiger partial charge in [0.1, 0.15) is 5.75 Å². The summed E-state index contributed by atoms with van der Waals surface area (Å²) in [5.74, 6) is 1.03. The molecule has 0 unspecified atom stereocenters. The van der Waals surface area contributed by atoms with Crippen LogP contribution in [0.1, 0.15) is 30.0 Å². The first-order valence-corrected chi connectivity index (χ1v) is 10.2. The summed E-state index contributed by atoms with van der Waals surface area (Å²) in [7, 11) is 0. The van der Waals surface area contributed by atoms with Crippen molar-refractivity contribution >= 4 is 28.4 Å². The minimum atomic E-state index is -0.419. The molecular formula is C20H17N3O5S. The lowest BCUT2D eigenvalue weighted by molar-refractivity contribution is -0.385. The zero-order chi connectivity index (χ0) is 20.0. The van der Waals surface area contributed by atoms with E-state index in [0.717, 1.165) is 12.8 Å². The molecule has 8 nitrogen and oxygen atoms in total. The molecule has 1 saturated carbocycles. The molecule has 1 fully saturated rings. The Morgan fingerprint density at radius 1 is 1.28 bits per heavy atom. The molecule has 2 heterocycles. The normalized spacial score (nSPS) is 15.7. The molecule has 148 valence electrons. The van der Waals surface area contributed by atoms with E-state index in [1.54, 1.807) is 10.6 Å². The van der Waals surface area contributed by atoms with Gasteiger partial charge in [-0.3, -0.25) is 19.5 Å². The standard InChI is InChI=1S/C20H17N3O5S/c24-19-16-3-1-2-4-17(16)21-20(22(19)14-5-6-14)29-10-13-8-15(23(25)26)7-12-9-27-11-28-18(12)13/h1-4,7-8,14H,5-6,9-11H2. The molecule has 5 rings (SSSR count). The fourth-order valence-electron chi connectivity index (χ4n) is 3.52. The Hall–Kier alpha value is -2.91. The summed E-state index contributed by atoms with van der Waals surface area (Å²) < 4.78 is 12.6. The monoisotopic (exact) mass is 411 g/mol. The second kappa shape index (κ2) is 7.16. The highest BCUT2D eigenvalue weighted by Crippen LogP contribution is 2.39. The number of rotatable bonds is 5. The maximum atomic E-state index is 13.0. The van der Waals surface area contributed by atoms with E-state index in [-0.39, 0.29) is 30.7 Å². The minimum Gasteiger partial charge on any atom is -0.467 e. The van der Waals surface area contributed by atoms with E-state index in [1.165, 1.54) is 23.9 Å². The molecule has 0 spiro atoms. The van der Waals surface area contributed by atoms with Crippen molar-refractivity contribution in [1.29, 1.82) is 0 Å². The van der Waals surface area contributed by atoms with E-state index in [1.807, 2.05) is 18.2 Å². The summed E-state index contributed by atoms with van der Waals surface area (Å²) in [6, 6.07) is 10.5. The van der Waals surface area contributed by atoms with E-state index in [9.17, 15) is 14.9 Å². The van der Waals surface area contributed by atoms with Crippen LogP contribution in [0.5, 0.6) is 5.75 Å². The van der Waals surface area contributed by atoms with Crippen LogP contribution < -0.4 is 10.3 Å². The van der Waals surface area contributed by atoms with Gasteiger partial charge in [0.2, 0.25) is 0 Å². The van der Waals surface area contributed by atoms with Crippen molar-refractivity contribution in [3.8, 4) is 5.75 Å². The molecule has 0 amide bonds. The number of benzene rings is 2. The molecule has 2 aromatic carbocycles. The van der Waals surface area contributed by atoms with Gasteiger partial charge in [0.05, 0.1) is 22.4 Å². The molecule has 2 aliphatic rings. The van der Waals surface area contributed by atoms with Crippen LogP contribution in [-0.2, 0) is 17.1 Å². The van der Waals surface area contributed by atoms with Gasteiger partial charge < -0.3 is 9.47 Å². The summed E-state index contributed by atoms with van der Waals surface area (Å²) in [5.41, 5.74) is 1.98. The highest BCUT2D eigenvalue weighted by Gasteiger charge is 2.29. The van der Waals surface area contributed by atoms with Crippen molar-refractivity contribution < 1.29 is 14.4 Å². The summed E-state index contributed by atoms with van der Waals surface area (Å²) >= 11 is 1.40. The molecule has 1 aromatic heterocycles. The quantitative estimate of drug-likeness (QED) is 0.273. The summed E-state index contributed by atoms with van der Waals surface area (Å²) in [4.78, 5) is 28.6. The fraction of sp³-hybridized carbons (Fsp3) is 0.300. The van der Waals surface area contributed by atoms with Gasteiger partial charge in [0.25, 0.3) is 11.2 Å². The number of thioether (sulfide) groups is 1. The maximum Gasteiger partial charge on any atom is 0.270 e. The lowest BCUT2D eigenvalue weighted by atomic mass is 10.1. The van der Waals surface area contributed by atoms with Crippen molar-refractivity contribution in [2.75, 3.05) is 6.79 Å². The number of aromatic nitrogens is 2. The number of nitrogens with zero attached hydrogens (tertiary/aromatic N) is 3. The molecule has 1 aliphatic heterocycles. The van der Waals surface area contributed by atoms with E-state index in [2.05, 4.69) is 0 Å². The molecule has 0 N–H and O–H groups in total. The lowest BCUT2D eigenvalue weighted by Crippen LogP contribution is -2.22. The number of hydrogen-bond donors (Lipinski definition) is 0. The highest BCUT2D eigenvalue weighted by molar-refractivity contribution is 7.98. The van der Waals surface area contributed by atoms with Crippen LogP contribution in [0.4, 0.5) is 5.69 Å². The van der Waals surface area contributed by atoms with Gasteiger partial charge in [-0.1, -0.05) is 23.9 Å². The number of nitro groups is 1. The van der Waals surface area contributed by atoms with Gasteiger partial charge >= 0.3 is 0 Å². The Morgan fingerprint density at radius 2 is 2.10 bits per heavy atom. The Kier molecular flexibility index (Phi) is 4.48. The fourth-order valence-corrected chi connectivity index (χ4v) is 4.55. The average Bonchev–Trinajstić information content (AvgIpc) is 3.57. The van der Waals surface area contributed by atoms with E-state index >= 15 is 0 Å². The van der Waals surface area contributed by atoms with Crippen molar-refractivity contribution in [2.45, 2.75) is 36.4 Å². The van der Waals surface area contributed by atoms with E-state index < -0.39 is 4.92 Å². The van der Waals surface area contributed by atoms with Crippen molar-refractivity contribution in [3.63, 3.8) is 0 Å². The van der Waals surface area contributed by atoms with Crippen molar-refractivity contribution in [3.05, 3.63) is 68.0 Å². The SMILES string of the molecule is O=c1c2ccccc2nc(SCc2cc([N+](=O)[O-])cc3c2OCOC3)n1C1CC1. The second-order valence-electron chi connectivity index (χ2n) is 7.07. The van der Waals surface area contributed by atoms with Crippen LogP contribution >= 0.6 is 11.8 Å². The average molecular weight is 411 g/mol. The molecule has 0 radical (unpaired) electrons. The van der Waals surface area contributed by atoms with Crippen LogP contribution in [-0.4, -0.2) is 21.3 Å². The van der Waals surface area contributed by atoms with Gasteiger partial charge in [-0.25, -0.2) is 4.98 Å². The third-order valence-corrected chi connectivity index (χ3v) is 6.03. The van der Waals surface area contributed by atoms with Crippen LogP contribution in [0.25, 0.3) is 10.9 Å². The molecule has 1 aliphatic carbocycles. The van der Waals surface area contributed by atoms with Crippen LogP contribution in [0.2, 0.25) is 0 Å². The number of non-ortho nitro benzene ring substituents is 1. The summed E-state index contributed by atoms with van der Waals surface area (Å²) in [6.45, 7) is 0.388. The molecular weight excluding hydrogens is 394 g/mol. The molecule has 0 atom stereocenters. The number of para-hydroxylation sites is 1. The largest absolute Gasteiger partial charge is 0.467 e. The predicted octanol–water partition coefficient (Wildman–Crippen LogP) is 3.80. The zero-order valence-electron chi connectivity index (χ0n) is 15.4. The number of hydrogen-bond acceptors (Lipinski definition) is 7. The van der Waals surface area contributed by atoms with Crippen molar-refractivity contribution in [2.24, 2.45) is 0 Å². The second-order valence-corrected chi connectivity index (χ2v) is 8.01. The molecule has 0 bridgehead atoms. The van der Waals surface area contributed by atoms with Gasteiger partial charge in [0, 0.05) is 35.1 Å². The highest BCUT2D eigenvalue weighted by atomic mass is 32.2. The smallest absolute Gasteiger partial charge is 0.270 e. The Labute approximate surface area is 169 Å². The topological polar surface area (TPSA) is 96.5 Å². The van der Waals surface area contributed by atoms with Crippen LogP contribution in [0, 0.1) is 10.1 Å². The van der Waals surface area contributed by atoms with Crippen LogP contribution in [0.3, 0.4) is 0 Å². The molecule has 29 heavy (non-hydrogen) atoms. The van der Waals surface area contributed by atoms with Crippen molar-refractivity contribution in [1.82, 2.24) is 9.55 Å². The van der Waals surface area contributed by atoms with Gasteiger partial charge in [0.15, 0.2) is 11.9 Å². The Bertz CT molecular complexity index is 1190. The number of fused-ring (bicyclic) bond motifs is 2. The summed E-state index contributed by atoms with van der Waals surface area (Å²) in [5, 5.41) is 12.6. The van der Waals surface area contributed by atoms with Crippen LogP contribution in [0.15, 0.2) is 46.3 Å². The van der Waals surface area contributed by atoms with E-state index in [0.29, 0.717) is 38.7 Å². The number of ether oxygens (including phenoxy) is 2. The van der Waals surface area contributed by atoms with Gasteiger partial charge in [-0.05, 0) is 25.0 Å². The minimum absolute atomic E-state index is 0.000459. The third kappa shape index (κ3) is 3.36. The predicted molar refractivity (Wildman–Crippen MR) is 107 cm³/mol. The Morgan fingerprint density at radius 3 is 2.90 bits per heavy atom. The maximum absolute atomic E-state index is 13.0. The van der Waals surface area contributed by atoms with Gasteiger partial charge in [-0.2, -0.15) is 0 Å². The van der Waals surface area contributed by atoms with E-state index in [4.69, 9.17) is 14.5 Å². The molecule has 3 aromatic rings. The summed E-state index contributed by atoms with van der Waals surface area (Å²) in [6.07, 6.45) is 1.92. The first-order valence-electron chi connectivity index (χ1n) is 9.26. The zero-order valence-corrected chi connectivity index (χ0v) is 16.2. The lowest BCUT2D eigenvalue weighted by Gasteiger charge is -2.20. The molecule has 0 saturated heterocycles. The first-order chi connectivity index (χ1) is 14.1. The third-order valence-electron chi connectivity index (χ3n) is 5.03. The number of nitro benzene ring substituents is 1. The molecule has 9 heteroatoms. The Balaban J connectivity index is 1.54.